The van der Waals surface area contributed by atoms with E-state index in [1.54, 1.807) is 33.7 Å². The van der Waals surface area contributed by atoms with Crippen LogP contribution >= 0.6 is 23.5 Å². The minimum absolute atomic E-state index is 0.0332. The number of fused-ring (bicyclic) bond motifs is 1. The van der Waals surface area contributed by atoms with Crippen LogP contribution in [-0.4, -0.2) is 82.1 Å². The van der Waals surface area contributed by atoms with E-state index in [0.717, 1.165) is 10.7 Å². The molecule has 168 valence electrons. The smallest absolute Gasteiger partial charge is 0.252 e. The molecule has 11 heteroatoms. The summed E-state index contributed by atoms with van der Waals surface area (Å²) >= 11 is 3.15. The number of hydrogen-bond donors (Lipinski definition) is 0. The molecule has 0 aromatic heterocycles. The Morgan fingerprint density at radius 2 is 2.06 bits per heavy atom. The van der Waals surface area contributed by atoms with Crippen LogP contribution in [0.1, 0.15) is 26.7 Å². The maximum absolute atomic E-state index is 13.5. The lowest BCUT2D eigenvalue weighted by atomic mass is 10.2. The number of carbonyl (C=O) groups is 2. The Kier molecular flexibility index (Phi) is 5.91. The summed E-state index contributed by atoms with van der Waals surface area (Å²) < 4.78 is 26.1. The second-order valence-corrected chi connectivity index (χ2v) is 13.4. The van der Waals surface area contributed by atoms with Crippen molar-refractivity contribution in [3.8, 4) is 0 Å². The van der Waals surface area contributed by atoms with Crippen LogP contribution in [0, 0.1) is 0 Å². The van der Waals surface area contributed by atoms with Crippen LogP contribution in [0.2, 0.25) is 0 Å². The number of amidine groups is 1. The summed E-state index contributed by atoms with van der Waals surface area (Å²) in [5.74, 6) is 0.505. The van der Waals surface area contributed by atoms with E-state index < -0.39 is 16.1 Å². The quantitative estimate of drug-likeness (QED) is 0.654. The van der Waals surface area contributed by atoms with Gasteiger partial charge in [0.15, 0.2) is 5.17 Å². The minimum atomic E-state index is -3.58. The van der Waals surface area contributed by atoms with E-state index in [2.05, 4.69) is 4.99 Å². The molecule has 3 fully saturated rings. The van der Waals surface area contributed by atoms with E-state index in [0.29, 0.717) is 29.6 Å². The van der Waals surface area contributed by atoms with Gasteiger partial charge in [-0.15, -0.1) is 11.8 Å². The van der Waals surface area contributed by atoms with Gasteiger partial charge in [-0.3, -0.25) is 14.5 Å². The predicted molar refractivity (Wildman–Crippen MR) is 124 cm³/mol. The fraction of sp³-hybridized carbons (Fsp3) is 0.550. The van der Waals surface area contributed by atoms with Gasteiger partial charge < -0.3 is 4.90 Å². The van der Waals surface area contributed by atoms with Crippen LogP contribution in [0.3, 0.4) is 0 Å². The molecule has 8 nitrogen and oxygen atoms in total. The highest BCUT2D eigenvalue weighted by Crippen LogP contribution is 2.48. The average molecular weight is 483 g/mol. The maximum atomic E-state index is 13.5. The van der Waals surface area contributed by atoms with E-state index in [1.165, 1.54) is 38.0 Å². The second-order valence-electron chi connectivity index (χ2n) is 8.32. The maximum Gasteiger partial charge on any atom is 0.252 e. The van der Waals surface area contributed by atoms with E-state index in [-0.39, 0.29) is 26.8 Å². The SMILES string of the molecule is C[C@@H]1CN(C(=O)[C@H]2CS[C@@]3(C)CCC(=O)N23)C(=Nc2cccc(S(=O)(=O)N(C)C)c2)S1. The number of benzene rings is 1. The largest absolute Gasteiger partial charge is 0.315 e. The molecule has 0 spiro atoms. The van der Waals surface area contributed by atoms with Crippen LogP contribution < -0.4 is 0 Å². The van der Waals surface area contributed by atoms with Crippen LogP contribution in [0.5, 0.6) is 0 Å². The lowest BCUT2D eigenvalue weighted by molar-refractivity contribution is -0.141. The number of sulfonamides is 1. The first-order valence-corrected chi connectivity index (χ1v) is 13.4. The Morgan fingerprint density at radius 3 is 2.77 bits per heavy atom. The van der Waals surface area contributed by atoms with E-state index in [4.69, 9.17) is 0 Å². The fourth-order valence-electron chi connectivity index (χ4n) is 4.11. The zero-order valence-corrected chi connectivity index (χ0v) is 20.4. The van der Waals surface area contributed by atoms with E-state index >= 15 is 0 Å². The summed E-state index contributed by atoms with van der Waals surface area (Å²) in [5, 5.41) is 0.702. The van der Waals surface area contributed by atoms with Gasteiger partial charge in [0.25, 0.3) is 5.91 Å². The highest BCUT2D eigenvalue weighted by molar-refractivity contribution is 8.14. The molecule has 4 rings (SSSR count). The van der Waals surface area contributed by atoms with Crippen molar-refractivity contribution in [1.82, 2.24) is 14.1 Å². The molecule has 3 heterocycles. The fourth-order valence-corrected chi connectivity index (χ4v) is 7.50. The van der Waals surface area contributed by atoms with Gasteiger partial charge in [-0.1, -0.05) is 24.8 Å². The van der Waals surface area contributed by atoms with Gasteiger partial charge >= 0.3 is 0 Å². The molecule has 3 atom stereocenters. The van der Waals surface area contributed by atoms with Gasteiger partial charge in [-0.05, 0) is 31.5 Å². The van der Waals surface area contributed by atoms with Crippen LogP contribution in [0.4, 0.5) is 5.69 Å². The van der Waals surface area contributed by atoms with Crippen molar-refractivity contribution < 1.29 is 18.0 Å². The van der Waals surface area contributed by atoms with Crippen LogP contribution in [-0.2, 0) is 19.6 Å². The number of amides is 2. The van der Waals surface area contributed by atoms with Crippen molar-refractivity contribution in [2.24, 2.45) is 4.99 Å². The monoisotopic (exact) mass is 482 g/mol. The second kappa shape index (κ2) is 8.09. The summed E-state index contributed by atoms with van der Waals surface area (Å²) in [7, 11) is -0.616. The van der Waals surface area contributed by atoms with Crippen molar-refractivity contribution in [2.45, 2.75) is 47.7 Å². The molecule has 0 saturated carbocycles. The Bertz CT molecular complexity index is 1060. The van der Waals surface area contributed by atoms with Gasteiger partial charge in [-0.25, -0.2) is 17.7 Å². The third-order valence-electron chi connectivity index (χ3n) is 5.79. The number of aliphatic imine (C=N–C) groups is 1. The molecule has 3 aliphatic heterocycles. The van der Waals surface area contributed by atoms with Crippen LogP contribution in [0.25, 0.3) is 0 Å². The molecule has 3 aliphatic rings. The Hall–Kier alpha value is -1.56. The van der Waals surface area contributed by atoms with Gasteiger partial charge in [0.05, 0.1) is 15.5 Å². The Morgan fingerprint density at radius 1 is 1.32 bits per heavy atom. The minimum Gasteiger partial charge on any atom is -0.315 e. The highest BCUT2D eigenvalue weighted by atomic mass is 32.2. The van der Waals surface area contributed by atoms with E-state index in [1.807, 2.05) is 13.8 Å². The topological polar surface area (TPSA) is 90.4 Å². The molecule has 0 radical (unpaired) electrons. The number of rotatable bonds is 4. The molecule has 0 unspecified atom stereocenters. The molecule has 2 amide bonds. The van der Waals surface area contributed by atoms with E-state index in [9.17, 15) is 18.0 Å². The highest BCUT2D eigenvalue weighted by Gasteiger charge is 2.54. The first kappa shape index (κ1) is 22.6. The predicted octanol–water partition coefficient (Wildman–Crippen LogP) is 2.34. The molecular formula is C20H26N4O4S3. The van der Waals surface area contributed by atoms with Crippen molar-refractivity contribution in [2.75, 3.05) is 26.4 Å². The van der Waals surface area contributed by atoms with Crippen LogP contribution in [0.15, 0.2) is 34.2 Å². The third-order valence-corrected chi connectivity index (χ3v) is 10.2. The molecule has 0 N–H and O–H groups in total. The zero-order valence-electron chi connectivity index (χ0n) is 17.9. The first-order valence-electron chi connectivity index (χ1n) is 10.1. The molecule has 31 heavy (non-hydrogen) atoms. The molecule has 1 aromatic carbocycles. The molecule has 3 saturated heterocycles. The Labute approximate surface area is 191 Å². The zero-order chi connectivity index (χ0) is 22.6. The normalized spacial score (nSPS) is 30.0. The Balaban J connectivity index is 1.63. The van der Waals surface area contributed by atoms with Crippen molar-refractivity contribution in [3.63, 3.8) is 0 Å². The van der Waals surface area contributed by atoms with Crippen molar-refractivity contribution in [3.05, 3.63) is 24.3 Å². The van der Waals surface area contributed by atoms with Gasteiger partial charge in [0, 0.05) is 38.1 Å². The van der Waals surface area contributed by atoms with Gasteiger partial charge in [0.1, 0.15) is 6.04 Å². The molecule has 0 bridgehead atoms. The van der Waals surface area contributed by atoms with Crippen molar-refractivity contribution >= 4 is 56.2 Å². The number of hydrogen-bond acceptors (Lipinski definition) is 7. The lowest BCUT2D eigenvalue weighted by Crippen LogP contribution is -2.51. The number of thioether (sulfide) groups is 2. The summed E-state index contributed by atoms with van der Waals surface area (Å²) in [6, 6.07) is 5.93. The van der Waals surface area contributed by atoms with Crippen molar-refractivity contribution in [1.29, 1.82) is 0 Å². The lowest BCUT2D eigenvalue weighted by Gasteiger charge is -2.31. The first-order chi connectivity index (χ1) is 14.5. The molecular weight excluding hydrogens is 456 g/mol. The molecule has 0 aliphatic carbocycles. The standard InChI is InChI=1S/C20H26N4O4S3/c1-13-11-23(18(26)16-12-29-20(2)9-8-17(25)24(16)20)19(30-13)21-14-6-5-7-15(10-14)31(27,28)22(3)4/h5-7,10,13,16H,8-9,11-12H2,1-4H3/t13-,16-,20+/m1/s1. The molecule has 1 aromatic rings. The van der Waals surface area contributed by atoms with Gasteiger partial charge in [-0.2, -0.15) is 0 Å². The third kappa shape index (κ3) is 4.01. The number of nitrogens with zero attached hydrogens (tertiary/aromatic N) is 4. The number of carbonyl (C=O) groups excluding carboxylic acids is 2. The summed E-state index contributed by atoms with van der Waals surface area (Å²) in [6.07, 6.45) is 1.24. The van der Waals surface area contributed by atoms with Gasteiger partial charge in [0.2, 0.25) is 15.9 Å². The average Bonchev–Trinajstić information content (AvgIpc) is 3.34. The summed E-state index contributed by atoms with van der Waals surface area (Å²) in [5.41, 5.74) is 0.472. The summed E-state index contributed by atoms with van der Waals surface area (Å²) in [6.45, 7) is 4.57. The summed E-state index contributed by atoms with van der Waals surface area (Å²) in [4.78, 5) is 33.8.